The van der Waals surface area contributed by atoms with Gasteiger partial charge < -0.3 is 10.5 Å². The summed E-state index contributed by atoms with van der Waals surface area (Å²) in [5.74, 6) is 0.678. The number of hydrogen-bond donors (Lipinski definition) is 1. The molecule has 2 N–H and O–H groups in total. The molecule has 1 saturated heterocycles. The molecular formula is C21H30N4O2. The molecule has 0 amide bonds. The average Bonchev–Trinajstić information content (AvgIpc) is 3.19. The van der Waals surface area contributed by atoms with Crippen LogP contribution in [0.2, 0.25) is 0 Å². The second-order valence-electron chi connectivity index (χ2n) is 7.32. The van der Waals surface area contributed by atoms with E-state index in [2.05, 4.69) is 40.3 Å². The molecule has 27 heavy (non-hydrogen) atoms. The molecule has 0 spiro atoms. The van der Waals surface area contributed by atoms with Crippen LogP contribution < -0.4 is 5.73 Å². The summed E-state index contributed by atoms with van der Waals surface area (Å²) in [5, 5.41) is 4.56. The first-order valence-electron chi connectivity index (χ1n) is 9.69. The Morgan fingerprint density at radius 1 is 1.26 bits per heavy atom. The number of carbonyl (C=O) groups excluding carboxylic acids is 1. The maximum atomic E-state index is 11.8. The first-order chi connectivity index (χ1) is 13.0. The minimum Gasteiger partial charge on any atom is -0.465 e. The summed E-state index contributed by atoms with van der Waals surface area (Å²) in [5.41, 5.74) is 10.6. The molecule has 1 fully saturated rings. The van der Waals surface area contributed by atoms with Crippen LogP contribution in [0.25, 0.3) is 0 Å². The molecule has 0 saturated carbocycles. The Labute approximate surface area is 161 Å². The van der Waals surface area contributed by atoms with Crippen molar-refractivity contribution in [3.8, 4) is 0 Å². The molecule has 2 atom stereocenters. The van der Waals surface area contributed by atoms with Gasteiger partial charge in [0.05, 0.1) is 12.3 Å². The highest BCUT2D eigenvalue weighted by Crippen LogP contribution is 2.33. The van der Waals surface area contributed by atoms with Crippen molar-refractivity contribution in [2.45, 2.75) is 39.8 Å². The summed E-state index contributed by atoms with van der Waals surface area (Å²) in [4.78, 5) is 14.3. The largest absolute Gasteiger partial charge is 0.465 e. The molecule has 0 radical (unpaired) electrons. The number of aryl methyl sites for hydroxylation is 1. The fraction of sp³-hybridized carbons (Fsp3) is 0.524. The Morgan fingerprint density at radius 3 is 2.67 bits per heavy atom. The molecular weight excluding hydrogens is 340 g/mol. The smallest absolute Gasteiger partial charge is 0.327 e. The van der Waals surface area contributed by atoms with E-state index in [4.69, 9.17) is 10.5 Å². The highest BCUT2D eigenvalue weighted by molar-refractivity contribution is 5.69. The standard InChI is InChI=1S/C21H30N4O2/c1-4-27-21(26)14-25-16(3)19(15(2)23-25)12-24-11-18(10-22)20(13-24)17-8-6-5-7-9-17/h5-9,18,20H,4,10-14,22H2,1-3H3/t18-,20+/m1/s1. The Hall–Kier alpha value is -2.18. The number of nitrogens with two attached hydrogens (primary N) is 1. The van der Waals surface area contributed by atoms with Crippen molar-refractivity contribution >= 4 is 5.97 Å². The van der Waals surface area contributed by atoms with Crippen LogP contribution in [0.5, 0.6) is 0 Å². The Kier molecular flexibility index (Phi) is 6.29. The third-order valence-electron chi connectivity index (χ3n) is 5.54. The minimum atomic E-state index is -0.247. The Balaban J connectivity index is 1.72. The first-order valence-corrected chi connectivity index (χ1v) is 9.69. The van der Waals surface area contributed by atoms with Crippen LogP contribution >= 0.6 is 0 Å². The lowest BCUT2D eigenvalue weighted by Crippen LogP contribution is -2.23. The van der Waals surface area contributed by atoms with Crippen LogP contribution in [0, 0.1) is 19.8 Å². The van der Waals surface area contributed by atoms with Crippen molar-refractivity contribution in [3.63, 3.8) is 0 Å². The summed E-state index contributed by atoms with van der Waals surface area (Å²) in [6, 6.07) is 10.6. The molecule has 2 aromatic rings. The third-order valence-corrected chi connectivity index (χ3v) is 5.54. The number of rotatable bonds is 7. The number of benzene rings is 1. The van der Waals surface area contributed by atoms with E-state index in [9.17, 15) is 4.79 Å². The number of carbonyl (C=O) groups is 1. The Morgan fingerprint density at radius 2 is 2.00 bits per heavy atom. The maximum Gasteiger partial charge on any atom is 0.327 e. The van der Waals surface area contributed by atoms with E-state index in [1.165, 1.54) is 11.1 Å². The van der Waals surface area contributed by atoms with Crippen molar-refractivity contribution in [3.05, 3.63) is 52.8 Å². The molecule has 0 aliphatic carbocycles. The SMILES string of the molecule is CCOC(=O)Cn1nc(C)c(CN2C[C@@H](CN)[C@H](c3ccccc3)C2)c1C. The van der Waals surface area contributed by atoms with E-state index >= 15 is 0 Å². The zero-order valence-electron chi connectivity index (χ0n) is 16.5. The molecule has 3 rings (SSSR count). The quantitative estimate of drug-likeness (QED) is 0.757. The zero-order valence-corrected chi connectivity index (χ0v) is 16.5. The van der Waals surface area contributed by atoms with Crippen LogP contribution in [-0.4, -0.2) is 46.9 Å². The molecule has 6 nitrogen and oxygen atoms in total. The fourth-order valence-electron chi connectivity index (χ4n) is 4.08. The predicted octanol–water partition coefficient (Wildman–Crippen LogP) is 2.24. The summed E-state index contributed by atoms with van der Waals surface area (Å²) >= 11 is 0. The third kappa shape index (κ3) is 4.39. The zero-order chi connectivity index (χ0) is 19.4. The van der Waals surface area contributed by atoms with E-state index in [1.807, 2.05) is 20.8 Å². The van der Waals surface area contributed by atoms with Gasteiger partial charge in [0.25, 0.3) is 0 Å². The van der Waals surface area contributed by atoms with Crippen LogP contribution in [0.15, 0.2) is 30.3 Å². The van der Waals surface area contributed by atoms with E-state index < -0.39 is 0 Å². The van der Waals surface area contributed by atoms with Crippen LogP contribution in [0.4, 0.5) is 0 Å². The molecule has 1 aromatic carbocycles. The number of esters is 1. The van der Waals surface area contributed by atoms with Gasteiger partial charge in [-0.25, -0.2) is 0 Å². The van der Waals surface area contributed by atoms with E-state index in [0.29, 0.717) is 25.0 Å². The normalized spacial score (nSPS) is 20.1. The predicted molar refractivity (Wildman–Crippen MR) is 105 cm³/mol. The maximum absolute atomic E-state index is 11.8. The van der Waals surface area contributed by atoms with Gasteiger partial charge in [0.2, 0.25) is 0 Å². The highest BCUT2D eigenvalue weighted by atomic mass is 16.5. The Bertz CT molecular complexity index is 772. The molecule has 1 aromatic heterocycles. The van der Waals surface area contributed by atoms with Gasteiger partial charge in [-0.15, -0.1) is 0 Å². The minimum absolute atomic E-state index is 0.165. The fourth-order valence-corrected chi connectivity index (χ4v) is 4.08. The van der Waals surface area contributed by atoms with Crippen LogP contribution in [-0.2, 0) is 22.6 Å². The summed E-state index contributed by atoms with van der Waals surface area (Å²) in [7, 11) is 0. The van der Waals surface area contributed by atoms with Gasteiger partial charge in [-0.3, -0.25) is 14.4 Å². The molecule has 1 aliphatic heterocycles. The molecule has 146 valence electrons. The van der Waals surface area contributed by atoms with Gasteiger partial charge in [-0.2, -0.15) is 5.10 Å². The lowest BCUT2D eigenvalue weighted by atomic mass is 9.89. The first kappa shape index (κ1) is 19.6. The van der Waals surface area contributed by atoms with Gasteiger partial charge in [-0.1, -0.05) is 30.3 Å². The van der Waals surface area contributed by atoms with Crippen molar-refractivity contribution in [2.24, 2.45) is 11.7 Å². The van der Waals surface area contributed by atoms with Gasteiger partial charge in [-0.05, 0) is 38.8 Å². The van der Waals surface area contributed by atoms with Gasteiger partial charge in [0.15, 0.2) is 0 Å². The lowest BCUT2D eigenvalue weighted by Gasteiger charge is -2.17. The molecule has 6 heteroatoms. The number of hydrogen-bond acceptors (Lipinski definition) is 5. The number of aromatic nitrogens is 2. The van der Waals surface area contributed by atoms with Crippen LogP contribution in [0.3, 0.4) is 0 Å². The summed E-state index contributed by atoms with van der Waals surface area (Å²) < 4.78 is 6.81. The monoisotopic (exact) mass is 370 g/mol. The summed E-state index contributed by atoms with van der Waals surface area (Å²) in [6.07, 6.45) is 0. The molecule has 0 bridgehead atoms. The second kappa shape index (κ2) is 8.67. The lowest BCUT2D eigenvalue weighted by molar-refractivity contribution is -0.144. The topological polar surface area (TPSA) is 73.4 Å². The van der Waals surface area contributed by atoms with Gasteiger partial charge >= 0.3 is 5.97 Å². The number of nitrogens with zero attached hydrogens (tertiary/aromatic N) is 3. The van der Waals surface area contributed by atoms with Crippen molar-refractivity contribution in [1.29, 1.82) is 0 Å². The van der Waals surface area contributed by atoms with Crippen molar-refractivity contribution in [2.75, 3.05) is 26.2 Å². The molecule has 2 heterocycles. The van der Waals surface area contributed by atoms with E-state index in [1.54, 1.807) is 4.68 Å². The van der Waals surface area contributed by atoms with E-state index in [0.717, 1.165) is 31.0 Å². The summed E-state index contributed by atoms with van der Waals surface area (Å²) in [6.45, 7) is 9.91. The second-order valence-corrected chi connectivity index (χ2v) is 7.32. The van der Waals surface area contributed by atoms with Gasteiger partial charge in [0.1, 0.15) is 6.54 Å². The van der Waals surface area contributed by atoms with Crippen molar-refractivity contribution in [1.82, 2.24) is 14.7 Å². The van der Waals surface area contributed by atoms with E-state index in [-0.39, 0.29) is 12.5 Å². The van der Waals surface area contributed by atoms with Crippen LogP contribution in [0.1, 0.15) is 35.4 Å². The highest BCUT2D eigenvalue weighted by Gasteiger charge is 2.33. The number of likely N-dealkylation sites (tertiary alicyclic amines) is 1. The number of ether oxygens (including phenoxy) is 1. The van der Waals surface area contributed by atoms with Crippen molar-refractivity contribution < 1.29 is 9.53 Å². The average molecular weight is 370 g/mol. The van der Waals surface area contributed by atoms with Gasteiger partial charge in [0, 0.05) is 36.8 Å². The molecule has 0 unspecified atom stereocenters. The molecule has 1 aliphatic rings.